The molecule has 2 N–H and O–H groups in total. The summed E-state index contributed by atoms with van der Waals surface area (Å²) in [6.07, 6.45) is 0. The van der Waals surface area contributed by atoms with E-state index in [2.05, 4.69) is 31.5 Å². The molecule has 0 aliphatic heterocycles. The molecule has 0 atom stereocenters. The number of hydrogen-bond acceptors (Lipinski definition) is 4. The molecule has 0 amide bonds. The van der Waals surface area contributed by atoms with Crippen molar-refractivity contribution in [3.05, 3.63) is 28.5 Å². The molecule has 2 aromatic rings. The highest BCUT2D eigenvalue weighted by atomic mass is 79.9. The molecule has 7 heteroatoms. The van der Waals surface area contributed by atoms with E-state index in [0.29, 0.717) is 24.5 Å². The molecule has 0 aliphatic rings. The van der Waals surface area contributed by atoms with E-state index in [4.69, 9.17) is 5.73 Å². The van der Waals surface area contributed by atoms with Crippen LogP contribution in [0.2, 0.25) is 0 Å². The van der Waals surface area contributed by atoms with E-state index < -0.39 is 0 Å². The molecular formula is C9H9BrFN5. The maximum Gasteiger partial charge on any atom is 0.183 e. The average molecular weight is 286 g/mol. The SMILES string of the molecule is NCCn1nnnc1-c1cc(F)ccc1Br. The molecule has 0 fully saturated rings. The summed E-state index contributed by atoms with van der Waals surface area (Å²) in [5, 5.41) is 11.2. The molecule has 1 heterocycles. The van der Waals surface area contributed by atoms with Crippen LogP contribution in [0.15, 0.2) is 22.7 Å². The summed E-state index contributed by atoms with van der Waals surface area (Å²) in [5.74, 6) is 0.164. The van der Waals surface area contributed by atoms with Gasteiger partial charge in [-0.05, 0) is 28.6 Å². The molecule has 84 valence electrons. The minimum atomic E-state index is -0.333. The summed E-state index contributed by atoms with van der Waals surface area (Å²) in [7, 11) is 0. The molecule has 0 saturated carbocycles. The first-order chi connectivity index (χ1) is 7.72. The van der Waals surface area contributed by atoms with Gasteiger partial charge in [-0.25, -0.2) is 9.07 Å². The lowest BCUT2D eigenvalue weighted by Gasteiger charge is -2.04. The Morgan fingerprint density at radius 2 is 2.25 bits per heavy atom. The second-order valence-electron chi connectivity index (χ2n) is 3.14. The fraction of sp³-hybridized carbons (Fsp3) is 0.222. The van der Waals surface area contributed by atoms with Gasteiger partial charge in [-0.1, -0.05) is 15.9 Å². The van der Waals surface area contributed by atoms with Gasteiger partial charge >= 0.3 is 0 Å². The van der Waals surface area contributed by atoms with Crippen molar-refractivity contribution in [2.45, 2.75) is 6.54 Å². The van der Waals surface area contributed by atoms with Crippen LogP contribution in [0, 0.1) is 5.82 Å². The Labute approximate surface area is 99.6 Å². The lowest BCUT2D eigenvalue weighted by Crippen LogP contribution is -2.12. The molecule has 2 rings (SSSR count). The predicted molar refractivity (Wildman–Crippen MR) is 60.0 cm³/mol. The summed E-state index contributed by atoms with van der Waals surface area (Å²) < 4.78 is 15.4. The zero-order valence-corrected chi connectivity index (χ0v) is 9.85. The smallest absolute Gasteiger partial charge is 0.183 e. The monoisotopic (exact) mass is 285 g/mol. The van der Waals surface area contributed by atoms with Crippen LogP contribution in [0.1, 0.15) is 0 Å². The van der Waals surface area contributed by atoms with Crippen molar-refractivity contribution < 1.29 is 4.39 Å². The van der Waals surface area contributed by atoms with Gasteiger partial charge in [0.15, 0.2) is 5.82 Å². The largest absolute Gasteiger partial charge is 0.329 e. The summed E-state index contributed by atoms with van der Waals surface area (Å²) in [6.45, 7) is 0.913. The molecule has 0 aliphatic carbocycles. The average Bonchev–Trinajstić information content (AvgIpc) is 2.70. The highest BCUT2D eigenvalue weighted by Gasteiger charge is 2.12. The Balaban J connectivity index is 2.49. The number of aromatic nitrogens is 4. The van der Waals surface area contributed by atoms with Gasteiger partial charge in [-0.2, -0.15) is 0 Å². The molecule has 0 saturated heterocycles. The number of hydrogen-bond donors (Lipinski definition) is 1. The van der Waals surface area contributed by atoms with E-state index in [1.54, 1.807) is 10.7 Å². The Morgan fingerprint density at radius 1 is 1.44 bits per heavy atom. The molecule has 0 spiro atoms. The Bertz CT molecular complexity index is 498. The van der Waals surface area contributed by atoms with Crippen LogP contribution < -0.4 is 5.73 Å². The Hall–Kier alpha value is -1.34. The van der Waals surface area contributed by atoms with Crippen LogP contribution in [0.3, 0.4) is 0 Å². The third-order valence-electron chi connectivity index (χ3n) is 2.04. The minimum Gasteiger partial charge on any atom is -0.329 e. The molecular weight excluding hydrogens is 277 g/mol. The summed E-state index contributed by atoms with van der Waals surface area (Å²) >= 11 is 3.33. The van der Waals surface area contributed by atoms with Crippen molar-refractivity contribution in [3.63, 3.8) is 0 Å². The molecule has 0 radical (unpaired) electrons. The zero-order valence-electron chi connectivity index (χ0n) is 8.27. The van der Waals surface area contributed by atoms with E-state index in [-0.39, 0.29) is 5.82 Å². The first-order valence-corrected chi connectivity index (χ1v) is 5.43. The third-order valence-corrected chi connectivity index (χ3v) is 2.73. The maximum absolute atomic E-state index is 13.1. The summed E-state index contributed by atoms with van der Waals surface area (Å²) in [6, 6.07) is 4.36. The van der Waals surface area contributed by atoms with Gasteiger partial charge in [0.25, 0.3) is 0 Å². The second-order valence-corrected chi connectivity index (χ2v) is 3.99. The quantitative estimate of drug-likeness (QED) is 0.920. The maximum atomic E-state index is 13.1. The van der Waals surface area contributed by atoms with E-state index in [9.17, 15) is 4.39 Å². The molecule has 0 bridgehead atoms. The second kappa shape index (κ2) is 4.67. The number of nitrogens with two attached hydrogens (primary N) is 1. The number of tetrazole rings is 1. The molecule has 1 aromatic heterocycles. The van der Waals surface area contributed by atoms with Crippen molar-refractivity contribution in [2.75, 3.05) is 6.54 Å². The number of halogens is 2. The van der Waals surface area contributed by atoms with E-state index in [1.165, 1.54) is 12.1 Å². The minimum absolute atomic E-state index is 0.333. The molecule has 0 unspecified atom stereocenters. The lowest BCUT2D eigenvalue weighted by molar-refractivity contribution is 0.601. The normalized spacial score (nSPS) is 10.7. The zero-order chi connectivity index (χ0) is 11.5. The van der Waals surface area contributed by atoms with Gasteiger partial charge in [0.1, 0.15) is 5.82 Å². The fourth-order valence-electron chi connectivity index (χ4n) is 1.34. The van der Waals surface area contributed by atoms with E-state index >= 15 is 0 Å². The first-order valence-electron chi connectivity index (χ1n) is 4.64. The number of rotatable bonds is 3. The van der Waals surface area contributed by atoms with E-state index in [1.807, 2.05) is 0 Å². The van der Waals surface area contributed by atoms with Gasteiger partial charge in [-0.15, -0.1) is 5.10 Å². The van der Waals surface area contributed by atoms with Crippen LogP contribution in [-0.2, 0) is 6.54 Å². The van der Waals surface area contributed by atoms with Crippen molar-refractivity contribution in [1.29, 1.82) is 0 Å². The highest BCUT2D eigenvalue weighted by molar-refractivity contribution is 9.10. The predicted octanol–water partition coefficient (Wildman–Crippen LogP) is 1.20. The van der Waals surface area contributed by atoms with Crippen LogP contribution in [0.5, 0.6) is 0 Å². The standard InChI is InChI=1S/C9H9BrFN5/c10-8-2-1-6(11)5-7(8)9-13-14-15-16(9)4-3-12/h1-2,5H,3-4,12H2. The lowest BCUT2D eigenvalue weighted by atomic mass is 10.2. The first kappa shape index (κ1) is 11.2. The van der Waals surface area contributed by atoms with Gasteiger partial charge in [0.05, 0.1) is 6.54 Å². The third kappa shape index (κ3) is 2.10. The molecule has 1 aromatic carbocycles. The fourth-order valence-corrected chi connectivity index (χ4v) is 1.76. The van der Waals surface area contributed by atoms with Crippen molar-refractivity contribution in [2.24, 2.45) is 5.73 Å². The van der Waals surface area contributed by atoms with Crippen molar-refractivity contribution in [1.82, 2.24) is 20.2 Å². The number of nitrogens with zero attached hydrogens (tertiary/aromatic N) is 4. The topological polar surface area (TPSA) is 69.6 Å². The van der Waals surface area contributed by atoms with Gasteiger partial charge in [0, 0.05) is 16.6 Å². The number of benzene rings is 1. The summed E-state index contributed by atoms with van der Waals surface area (Å²) in [5.41, 5.74) is 6.04. The van der Waals surface area contributed by atoms with Gasteiger partial charge < -0.3 is 5.73 Å². The van der Waals surface area contributed by atoms with Gasteiger partial charge in [0.2, 0.25) is 0 Å². The Kier molecular flexibility index (Phi) is 3.25. The van der Waals surface area contributed by atoms with E-state index in [0.717, 1.165) is 4.47 Å². The van der Waals surface area contributed by atoms with Gasteiger partial charge in [-0.3, -0.25) is 0 Å². The van der Waals surface area contributed by atoms with Crippen molar-refractivity contribution in [3.8, 4) is 11.4 Å². The summed E-state index contributed by atoms with van der Waals surface area (Å²) in [4.78, 5) is 0. The highest BCUT2D eigenvalue weighted by Crippen LogP contribution is 2.26. The Morgan fingerprint density at radius 3 is 3.00 bits per heavy atom. The van der Waals surface area contributed by atoms with Crippen LogP contribution >= 0.6 is 15.9 Å². The van der Waals surface area contributed by atoms with Crippen LogP contribution in [0.4, 0.5) is 4.39 Å². The molecule has 5 nitrogen and oxygen atoms in total. The van der Waals surface area contributed by atoms with Crippen LogP contribution in [-0.4, -0.2) is 26.8 Å². The molecule has 16 heavy (non-hydrogen) atoms. The van der Waals surface area contributed by atoms with Crippen molar-refractivity contribution >= 4 is 15.9 Å². The van der Waals surface area contributed by atoms with Crippen LogP contribution in [0.25, 0.3) is 11.4 Å².